The van der Waals surface area contributed by atoms with Crippen LogP contribution in [0.2, 0.25) is 0 Å². The Morgan fingerprint density at radius 3 is 2.80 bits per heavy atom. The predicted octanol–water partition coefficient (Wildman–Crippen LogP) is 0.988. The molecule has 1 aromatic rings. The van der Waals surface area contributed by atoms with Gasteiger partial charge in [0.15, 0.2) is 0 Å². The molecule has 7 heteroatoms. The number of nitrogens with zero attached hydrogens (tertiary/aromatic N) is 3. The summed E-state index contributed by atoms with van der Waals surface area (Å²) in [6, 6.07) is 0. The molecular formula is C8H11N3O4. The molecule has 0 aliphatic rings. The van der Waals surface area contributed by atoms with Crippen molar-refractivity contribution in [1.82, 2.24) is 9.78 Å². The maximum atomic E-state index is 11.4. The third-order valence-corrected chi connectivity index (χ3v) is 1.79. The van der Waals surface area contributed by atoms with E-state index in [9.17, 15) is 14.9 Å². The number of aromatic nitrogens is 2. The average molecular weight is 213 g/mol. The maximum Gasteiger partial charge on any atom is 0.363 e. The van der Waals surface area contributed by atoms with Crippen molar-refractivity contribution in [2.24, 2.45) is 0 Å². The van der Waals surface area contributed by atoms with Crippen LogP contribution < -0.4 is 0 Å². The molecule has 0 bridgehead atoms. The van der Waals surface area contributed by atoms with Gasteiger partial charge in [0.25, 0.3) is 0 Å². The second kappa shape index (κ2) is 4.54. The molecule has 0 saturated carbocycles. The Morgan fingerprint density at radius 1 is 1.67 bits per heavy atom. The van der Waals surface area contributed by atoms with E-state index >= 15 is 0 Å². The van der Waals surface area contributed by atoms with Crippen molar-refractivity contribution in [2.75, 3.05) is 6.61 Å². The molecule has 0 aromatic carbocycles. The molecule has 0 amide bonds. The number of rotatable bonds is 4. The van der Waals surface area contributed by atoms with Crippen molar-refractivity contribution in [1.29, 1.82) is 0 Å². The SMILES string of the molecule is CCOC(=O)c1c([N+](=O)[O-])cnn1CC. The largest absolute Gasteiger partial charge is 0.461 e. The van der Waals surface area contributed by atoms with E-state index in [0.29, 0.717) is 6.54 Å². The molecular weight excluding hydrogens is 202 g/mol. The zero-order chi connectivity index (χ0) is 11.4. The van der Waals surface area contributed by atoms with Crippen molar-refractivity contribution < 1.29 is 14.5 Å². The van der Waals surface area contributed by atoms with Crippen LogP contribution in [-0.4, -0.2) is 27.3 Å². The lowest BCUT2D eigenvalue weighted by Gasteiger charge is -2.02. The topological polar surface area (TPSA) is 87.3 Å². The summed E-state index contributed by atoms with van der Waals surface area (Å²) >= 11 is 0. The van der Waals surface area contributed by atoms with Crippen LogP contribution in [0.4, 0.5) is 5.69 Å². The van der Waals surface area contributed by atoms with Crippen molar-refractivity contribution >= 4 is 11.7 Å². The highest BCUT2D eigenvalue weighted by Crippen LogP contribution is 2.18. The monoisotopic (exact) mass is 213 g/mol. The summed E-state index contributed by atoms with van der Waals surface area (Å²) in [4.78, 5) is 21.4. The number of hydrogen-bond donors (Lipinski definition) is 0. The lowest BCUT2D eigenvalue weighted by Crippen LogP contribution is -2.14. The molecule has 0 saturated heterocycles. The Kier molecular flexibility index (Phi) is 3.37. The summed E-state index contributed by atoms with van der Waals surface area (Å²) in [7, 11) is 0. The fourth-order valence-corrected chi connectivity index (χ4v) is 1.16. The lowest BCUT2D eigenvalue weighted by molar-refractivity contribution is -0.385. The van der Waals surface area contributed by atoms with Gasteiger partial charge in [-0.25, -0.2) is 4.79 Å². The number of nitro groups is 1. The number of ether oxygens (including phenoxy) is 1. The normalized spacial score (nSPS) is 10.0. The van der Waals surface area contributed by atoms with Gasteiger partial charge in [-0.1, -0.05) is 0 Å². The van der Waals surface area contributed by atoms with Crippen LogP contribution in [-0.2, 0) is 11.3 Å². The quantitative estimate of drug-likeness (QED) is 0.422. The van der Waals surface area contributed by atoms with Crippen LogP contribution in [0, 0.1) is 10.1 Å². The minimum atomic E-state index is -0.719. The fourth-order valence-electron chi connectivity index (χ4n) is 1.16. The van der Waals surface area contributed by atoms with Crippen LogP contribution in [0.3, 0.4) is 0 Å². The average Bonchev–Trinajstić information content (AvgIpc) is 2.61. The number of hydrogen-bond acceptors (Lipinski definition) is 5. The van der Waals surface area contributed by atoms with Gasteiger partial charge in [-0.05, 0) is 13.8 Å². The summed E-state index contributed by atoms with van der Waals surface area (Å²) in [6.07, 6.45) is 1.05. The molecule has 82 valence electrons. The van der Waals surface area contributed by atoms with Gasteiger partial charge >= 0.3 is 11.7 Å². The van der Waals surface area contributed by atoms with Crippen molar-refractivity contribution in [3.05, 3.63) is 22.0 Å². The Hall–Kier alpha value is -1.92. The first-order valence-electron chi connectivity index (χ1n) is 4.49. The molecule has 1 heterocycles. The zero-order valence-corrected chi connectivity index (χ0v) is 8.47. The van der Waals surface area contributed by atoms with E-state index < -0.39 is 10.9 Å². The smallest absolute Gasteiger partial charge is 0.363 e. The number of esters is 1. The third-order valence-electron chi connectivity index (χ3n) is 1.79. The lowest BCUT2D eigenvalue weighted by atomic mass is 10.3. The van der Waals surface area contributed by atoms with Gasteiger partial charge in [0.2, 0.25) is 5.69 Å². The first kappa shape index (κ1) is 11.2. The van der Waals surface area contributed by atoms with Crippen molar-refractivity contribution in [3.8, 4) is 0 Å². The number of carbonyl (C=O) groups is 1. The van der Waals surface area contributed by atoms with Crippen molar-refractivity contribution in [3.63, 3.8) is 0 Å². The van der Waals surface area contributed by atoms with Crippen LogP contribution in [0.15, 0.2) is 6.20 Å². The van der Waals surface area contributed by atoms with E-state index in [-0.39, 0.29) is 18.0 Å². The first-order valence-corrected chi connectivity index (χ1v) is 4.49. The van der Waals surface area contributed by atoms with E-state index in [1.165, 1.54) is 4.68 Å². The molecule has 1 rings (SSSR count). The number of aryl methyl sites for hydroxylation is 1. The van der Waals surface area contributed by atoms with Crippen molar-refractivity contribution in [2.45, 2.75) is 20.4 Å². The van der Waals surface area contributed by atoms with E-state index in [4.69, 9.17) is 4.74 Å². The number of carbonyl (C=O) groups excluding carboxylic acids is 1. The van der Waals surface area contributed by atoms with Crippen LogP contribution >= 0.6 is 0 Å². The van der Waals surface area contributed by atoms with E-state index in [1.54, 1.807) is 13.8 Å². The zero-order valence-electron chi connectivity index (χ0n) is 8.47. The van der Waals surface area contributed by atoms with Gasteiger partial charge in [0.05, 0.1) is 11.5 Å². The molecule has 0 aliphatic carbocycles. The van der Waals surface area contributed by atoms with E-state index in [1.807, 2.05) is 0 Å². The minimum absolute atomic E-state index is 0.107. The summed E-state index contributed by atoms with van der Waals surface area (Å²) < 4.78 is 5.96. The van der Waals surface area contributed by atoms with E-state index in [0.717, 1.165) is 6.20 Å². The molecule has 1 aromatic heterocycles. The molecule has 0 N–H and O–H groups in total. The van der Waals surface area contributed by atoms with Gasteiger partial charge in [-0.2, -0.15) is 5.10 Å². The minimum Gasteiger partial charge on any atom is -0.461 e. The molecule has 7 nitrogen and oxygen atoms in total. The molecule has 15 heavy (non-hydrogen) atoms. The van der Waals surface area contributed by atoms with Gasteiger partial charge in [-0.15, -0.1) is 0 Å². The van der Waals surface area contributed by atoms with Gasteiger partial charge < -0.3 is 4.74 Å². The third kappa shape index (κ3) is 2.12. The van der Waals surface area contributed by atoms with E-state index in [2.05, 4.69) is 5.10 Å². The van der Waals surface area contributed by atoms with Gasteiger partial charge in [0.1, 0.15) is 6.20 Å². The molecule has 0 aliphatic heterocycles. The first-order chi connectivity index (χ1) is 7.11. The van der Waals surface area contributed by atoms with Crippen LogP contribution in [0.25, 0.3) is 0 Å². The molecule has 0 fully saturated rings. The highest BCUT2D eigenvalue weighted by Gasteiger charge is 2.27. The molecule has 0 unspecified atom stereocenters. The van der Waals surface area contributed by atoms with Gasteiger partial charge in [-0.3, -0.25) is 14.8 Å². The molecule has 0 atom stereocenters. The highest BCUT2D eigenvalue weighted by molar-refractivity contribution is 5.91. The standard InChI is InChI=1S/C8H11N3O4/c1-3-10-7(8(12)15-4-2)6(5-9-10)11(13)14/h5H,3-4H2,1-2H3. The highest BCUT2D eigenvalue weighted by atomic mass is 16.6. The predicted molar refractivity (Wildman–Crippen MR) is 50.5 cm³/mol. The summed E-state index contributed by atoms with van der Waals surface area (Å²) in [6.45, 7) is 3.92. The maximum absolute atomic E-state index is 11.4. The van der Waals surface area contributed by atoms with Crippen LogP contribution in [0.5, 0.6) is 0 Å². The summed E-state index contributed by atoms with van der Waals surface area (Å²) in [5, 5.41) is 14.3. The Morgan fingerprint density at radius 2 is 2.33 bits per heavy atom. The molecule has 0 spiro atoms. The van der Waals surface area contributed by atoms with Gasteiger partial charge in [0, 0.05) is 6.54 Å². The Bertz CT molecular complexity index is 385. The second-order valence-electron chi connectivity index (χ2n) is 2.67. The fraction of sp³-hybridized carbons (Fsp3) is 0.500. The summed E-state index contributed by atoms with van der Waals surface area (Å²) in [5.41, 5.74) is -0.431. The Labute approximate surface area is 85.8 Å². The second-order valence-corrected chi connectivity index (χ2v) is 2.67. The summed E-state index contributed by atoms with van der Waals surface area (Å²) in [5.74, 6) is -0.719. The van der Waals surface area contributed by atoms with Crippen LogP contribution in [0.1, 0.15) is 24.3 Å². The Balaban J connectivity index is 3.15. The molecule has 0 radical (unpaired) electrons.